The van der Waals surface area contributed by atoms with E-state index in [0.29, 0.717) is 0 Å². The quantitative estimate of drug-likeness (QED) is 0.514. The molecule has 3 heterocycles. The fourth-order valence-corrected chi connectivity index (χ4v) is 2.75. The maximum atomic E-state index is 9.19. The third kappa shape index (κ3) is 3.36. The highest BCUT2D eigenvalue weighted by Crippen LogP contribution is 2.22. The van der Waals surface area contributed by atoms with Crippen LogP contribution in [-0.2, 0) is 7.05 Å². The highest BCUT2D eigenvalue weighted by Gasteiger charge is 2.10. The average Bonchev–Trinajstić information content (AvgIpc) is 3.44. The summed E-state index contributed by atoms with van der Waals surface area (Å²) in [5, 5.41) is 34.6. The van der Waals surface area contributed by atoms with Gasteiger partial charge >= 0.3 is 0 Å². The number of benzene rings is 1. The SMILES string of the molecule is Cc1nn(C)cc1-c1ccn(-c2ccc(NC=C(C#N)c3nn[nH]n3)cc2)n1. The van der Waals surface area contributed by atoms with E-state index in [-0.39, 0.29) is 11.4 Å². The van der Waals surface area contributed by atoms with Crippen molar-refractivity contribution < 1.29 is 0 Å². The zero-order valence-corrected chi connectivity index (χ0v) is 15.2. The molecule has 0 unspecified atom stereocenters. The second-order valence-corrected chi connectivity index (χ2v) is 6.04. The van der Waals surface area contributed by atoms with Crippen LogP contribution in [0.25, 0.3) is 22.5 Å². The van der Waals surface area contributed by atoms with Crippen molar-refractivity contribution in [2.45, 2.75) is 6.92 Å². The Balaban J connectivity index is 1.51. The van der Waals surface area contributed by atoms with Crippen LogP contribution in [-0.4, -0.2) is 40.2 Å². The molecule has 0 bridgehead atoms. The van der Waals surface area contributed by atoms with Crippen molar-refractivity contribution in [1.29, 1.82) is 5.26 Å². The van der Waals surface area contributed by atoms with Crippen molar-refractivity contribution in [3.05, 3.63) is 60.4 Å². The van der Waals surface area contributed by atoms with Gasteiger partial charge in [0.05, 0.1) is 17.1 Å². The number of nitrogens with one attached hydrogen (secondary N) is 2. The predicted octanol–water partition coefficient (Wildman–Crippen LogP) is 2.07. The molecule has 4 aromatic rings. The standard InChI is InChI=1S/C18H16N10/c1-12-16(11-27(2)23-12)17-7-8-28(24-17)15-5-3-14(4-6-15)20-10-13(9-19)18-21-25-26-22-18/h3-8,10-11,20H,1-2H3,(H,21,22,25,26). The summed E-state index contributed by atoms with van der Waals surface area (Å²) < 4.78 is 3.59. The molecule has 0 saturated heterocycles. The van der Waals surface area contributed by atoms with Gasteiger partial charge in [-0.15, -0.1) is 10.2 Å². The van der Waals surface area contributed by atoms with Crippen LogP contribution >= 0.6 is 0 Å². The Morgan fingerprint density at radius 2 is 2.04 bits per heavy atom. The Hall–Kier alpha value is -4.26. The largest absolute Gasteiger partial charge is 0.360 e. The van der Waals surface area contributed by atoms with E-state index in [4.69, 9.17) is 0 Å². The van der Waals surface area contributed by atoms with E-state index in [1.807, 2.05) is 62.8 Å². The molecule has 0 aliphatic carbocycles. The molecular formula is C18H16N10. The summed E-state index contributed by atoms with van der Waals surface area (Å²) in [5.74, 6) is 0.237. The molecular weight excluding hydrogens is 356 g/mol. The van der Waals surface area contributed by atoms with Gasteiger partial charge in [-0.25, -0.2) is 4.68 Å². The van der Waals surface area contributed by atoms with Crippen LogP contribution in [0, 0.1) is 18.3 Å². The van der Waals surface area contributed by atoms with E-state index in [9.17, 15) is 5.26 Å². The van der Waals surface area contributed by atoms with Crippen LogP contribution in [0.15, 0.2) is 48.9 Å². The maximum Gasteiger partial charge on any atom is 0.216 e. The molecule has 3 aromatic heterocycles. The summed E-state index contributed by atoms with van der Waals surface area (Å²) in [5.41, 5.74) is 4.83. The molecule has 0 saturated carbocycles. The second-order valence-electron chi connectivity index (χ2n) is 6.04. The number of aromatic amines is 1. The summed E-state index contributed by atoms with van der Waals surface area (Å²) in [6, 6.07) is 11.7. The number of allylic oxidation sites excluding steroid dienone is 1. The molecule has 10 nitrogen and oxygen atoms in total. The van der Waals surface area contributed by atoms with Crippen molar-refractivity contribution >= 4 is 11.3 Å². The Morgan fingerprint density at radius 1 is 1.21 bits per heavy atom. The minimum Gasteiger partial charge on any atom is -0.360 e. The maximum absolute atomic E-state index is 9.19. The Bertz CT molecular complexity index is 1160. The zero-order chi connectivity index (χ0) is 19.5. The van der Waals surface area contributed by atoms with Gasteiger partial charge in [0, 0.05) is 36.9 Å². The van der Waals surface area contributed by atoms with E-state index in [1.165, 1.54) is 6.20 Å². The first kappa shape index (κ1) is 17.2. The number of hydrogen-bond donors (Lipinski definition) is 2. The van der Waals surface area contributed by atoms with Crippen molar-refractivity contribution in [3.8, 4) is 23.0 Å². The van der Waals surface area contributed by atoms with Gasteiger partial charge in [-0.3, -0.25) is 4.68 Å². The van der Waals surface area contributed by atoms with E-state index in [2.05, 4.69) is 36.1 Å². The molecule has 0 atom stereocenters. The molecule has 0 amide bonds. The molecule has 0 spiro atoms. The molecule has 0 fully saturated rings. The molecule has 0 radical (unpaired) electrons. The highest BCUT2D eigenvalue weighted by atomic mass is 15.5. The fourth-order valence-electron chi connectivity index (χ4n) is 2.75. The minimum atomic E-state index is 0.237. The molecule has 0 aliphatic rings. The second kappa shape index (κ2) is 7.16. The molecule has 28 heavy (non-hydrogen) atoms. The van der Waals surface area contributed by atoms with Crippen LogP contribution in [0.4, 0.5) is 5.69 Å². The average molecular weight is 372 g/mol. The summed E-state index contributed by atoms with van der Waals surface area (Å²) in [6.07, 6.45) is 5.41. The van der Waals surface area contributed by atoms with Gasteiger partial charge in [0.1, 0.15) is 11.6 Å². The summed E-state index contributed by atoms with van der Waals surface area (Å²) in [4.78, 5) is 0. The number of anilines is 1. The molecule has 2 N–H and O–H groups in total. The van der Waals surface area contributed by atoms with E-state index in [0.717, 1.165) is 28.3 Å². The van der Waals surface area contributed by atoms with E-state index < -0.39 is 0 Å². The third-order valence-electron chi connectivity index (χ3n) is 4.10. The number of nitrogens with zero attached hydrogens (tertiary/aromatic N) is 8. The minimum absolute atomic E-state index is 0.237. The number of hydrogen-bond acceptors (Lipinski definition) is 7. The molecule has 138 valence electrons. The zero-order valence-electron chi connectivity index (χ0n) is 15.2. The summed E-state index contributed by atoms with van der Waals surface area (Å²) >= 11 is 0. The lowest BCUT2D eigenvalue weighted by Crippen LogP contribution is -1.96. The van der Waals surface area contributed by atoms with E-state index in [1.54, 1.807) is 9.36 Å². The molecule has 4 rings (SSSR count). The van der Waals surface area contributed by atoms with Gasteiger partial charge in [0.2, 0.25) is 5.82 Å². The number of H-pyrrole nitrogens is 1. The van der Waals surface area contributed by atoms with Gasteiger partial charge in [-0.1, -0.05) is 0 Å². The lowest BCUT2D eigenvalue weighted by molar-refractivity contribution is 0.756. The van der Waals surface area contributed by atoms with Crippen LogP contribution in [0.1, 0.15) is 11.5 Å². The first-order chi connectivity index (χ1) is 13.6. The molecule has 1 aromatic carbocycles. The van der Waals surface area contributed by atoms with Crippen molar-refractivity contribution in [2.75, 3.05) is 5.32 Å². The summed E-state index contributed by atoms with van der Waals surface area (Å²) in [6.45, 7) is 1.96. The topological polar surface area (TPSA) is 126 Å². The van der Waals surface area contributed by atoms with Gasteiger partial charge < -0.3 is 5.32 Å². The smallest absolute Gasteiger partial charge is 0.216 e. The number of aromatic nitrogens is 8. The Kier molecular flexibility index (Phi) is 4.39. The van der Waals surface area contributed by atoms with Crippen LogP contribution in [0.3, 0.4) is 0 Å². The van der Waals surface area contributed by atoms with Gasteiger partial charge in [-0.05, 0) is 42.5 Å². The lowest BCUT2D eigenvalue weighted by Gasteiger charge is -2.04. The first-order valence-electron chi connectivity index (χ1n) is 8.41. The van der Waals surface area contributed by atoms with Crippen molar-refractivity contribution in [2.24, 2.45) is 7.05 Å². The lowest BCUT2D eigenvalue weighted by atomic mass is 10.2. The normalized spacial score (nSPS) is 11.4. The number of rotatable bonds is 5. The van der Waals surface area contributed by atoms with Crippen molar-refractivity contribution in [1.82, 2.24) is 40.2 Å². The Labute approximate surface area is 160 Å². The third-order valence-corrected chi connectivity index (χ3v) is 4.10. The highest BCUT2D eigenvalue weighted by molar-refractivity contribution is 5.74. The van der Waals surface area contributed by atoms with E-state index >= 15 is 0 Å². The number of aryl methyl sites for hydroxylation is 2. The fraction of sp³-hybridized carbons (Fsp3) is 0.111. The summed E-state index contributed by atoms with van der Waals surface area (Å²) in [7, 11) is 1.89. The monoisotopic (exact) mass is 372 g/mol. The van der Waals surface area contributed by atoms with Gasteiger partial charge in [-0.2, -0.15) is 20.7 Å². The van der Waals surface area contributed by atoms with Crippen LogP contribution < -0.4 is 5.32 Å². The van der Waals surface area contributed by atoms with Crippen LogP contribution in [0.2, 0.25) is 0 Å². The number of tetrazole rings is 1. The van der Waals surface area contributed by atoms with Crippen molar-refractivity contribution in [3.63, 3.8) is 0 Å². The first-order valence-corrected chi connectivity index (χ1v) is 8.41. The predicted molar refractivity (Wildman–Crippen MR) is 102 cm³/mol. The molecule has 10 heteroatoms. The molecule has 0 aliphatic heterocycles. The Morgan fingerprint density at radius 3 is 2.68 bits per heavy atom. The number of nitriles is 1. The van der Waals surface area contributed by atoms with Gasteiger partial charge in [0.15, 0.2) is 0 Å². The van der Waals surface area contributed by atoms with Gasteiger partial charge in [0.25, 0.3) is 0 Å². The van der Waals surface area contributed by atoms with Crippen LogP contribution in [0.5, 0.6) is 0 Å².